The average Bonchev–Trinajstić information content (AvgIpc) is 3.35. The second-order valence-corrected chi connectivity index (χ2v) is 10.9. The van der Waals surface area contributed by atoms with Crippen LogP contribution in [0.1, 0.15) is 23.4 Å². The number of aromatic nitrogens is 3. The van der Waals surface area contributed by atoms with Gasteiger partial charge in [-0.05, 0) is 48.4 Å². The van der Waals surface area contributed by atoms with Crippen molar-refractivity contribution < 1.29 is 43.9 Å². The molecule has 16 heteroatoms. The number of pyridine rings is 1. The summed E-state index contributed by atoms with van der Waals surface area (Å²) in [7, 11) is -4.64. The van der Waals surface area contributed by atoms with Gasteiger partial charge in [-0.25, -0.2) is 18.3 Å². The predicted octanol–water partition coefficient (Wildman–Crippen LogP) is 5.05. The van der Waals surface area contributed by atoms with Crippen molar-refractivity contribution in [1.29, 1.82) is 0 Å². The third-order valence-corrected chi connectivity index (χ3v) is 7.98. The zero-order valence-electron chi connectivity index (χ0n) is 20.5. The number of H-pyrrole nitrogens is 1. The van der Waals surface area contributed by atoms with Crippen molar-refractivity contribution in [2.45, 2.75) is 36.2 Å². The summed E-state index contributed by atoms with van der Waals surface area (Å²) in [4.78, 5) is 14.2. The van der Waals surface area contributed by atoms with E-state index in [2.05, 4.69) is 15.2 Å². The molecule has 0 radical (unpaired) electrons. The highest BCUT2D eigenvalue weighted by Gasteiger charge is 2.37. The van der Waals surface area contributed by atoms with Crippen LogP contribution in [0.25, 0.3) is 11.1 Å². The number of aromatic amines is 1. The number of nitrogens with zero attached hydrogens (tertiary/aromatic N) is 3. The second-order valence-electron chi connectivity index (χ2n) is 8.99. The van der Waals surface area contributed by atoms with Gasteiger partial charge in [0.1, 0.15) is 11.9 Å². The van der Waals surface area contributed by atoms with Gasteiger partial charge >= 0.3 is 18.1 Å². The zero-order chi connectivity index (χ0) is 29.6. The molecule has 216 valence electrons. The summed E-state index contributed by atoms with van der Waals surface area (Å²) in [6, 6.07) is 8.04. The van der Waals surface area contributed by atoms with Gasteiger partial charge in [0.25, 0.3) is 10.0 Å². The number of rotatable bonds is 6. The first-order chi connectivity index (χ1) is 19.2. The summed E-state index contributed by atoms with van der Waals surface area (Å²) in [5.74, 6) is -0.742. The molecule has 0 aliphatic carbocycles. The Balaban J connectivity index is 1.57. The summed E-state index contributed by atoms with van der Waals surface area (Å²) < 4.78 is 119. The Morgan fingerprint density at radius 1 is 0.951 bits per heavy atom. The Morgan fingerprint density at radius 3 is 2.39 bits per heavy atom. The molecular weight excluding hydrogens is 582 g/mol. The Kier molecular flexibility index (Phi) is 7.05. The van der Waals surface area contributed by atoms with Gasteiger partial charge in [0.15, 0.2) is 0 Å². The third kappa shape index (κ3) is 5.91. The van der Waals surface area contributed by atoms with Gasteiger partial charge in [0.2, 0.25) is 5.89 Å². The minimum absolute atomic E-state index is 0.0176. The molecule has 0 spiro atoms. The average molecular weight is 600 g/mol. The van der Waals surface area contributed by atoms with Gasteiger partial charge in [0.05, 0.1) is 28.3 Å². The predicted molar refractivity (Wildman–Crippen MR) is 131 cm³/mol. The minimum atomic E-state index is -4.81. The van der Waals surface area contributed by atoms with Crippen LogP contribution < -0.4 is 14.8 Å². The van der Waals surface area contributed by atoms with E-state index in [4.69, 9.17) is 9.15 Å². The topological polar surface area (TPSA) is 118 Å². The van der Waals surface area contributed by atoms with E-state index in [0.717, 1.165) is 34.8 Å². The van der Waals surface area contributed by atoms with Gasteiger partial charge in [-0.2, -0.15) is 26.3 Å². The number of alkyl halides is 6. The smallest absolute Gasteiger partial charge is 0.434 e. The monoisotopic (exact) mass is 600 g/mol. The molecule has 0 bridgehead atoms. The van der Waals surface area contributed by atoms with E-state index in [-0.39, 0.29) is 47.8 Å². The molecule has 0 amide bonds. The Hall–Kier alpha value is -4.34. The molecule has 3 heterocycles. The molecule has 0 unspecified atom stereocenters. The molecule has 2 aromatic heterocycles. The Labute approximate surface area is 227 Å². The van der Waals surface area contributed by atoms with Crippen molar-refractivity contribution in [2.75, 3.05) is 10.8 Å². The van der Waals surface area contributed by atoms with E-state index in [1.165, 1.54) is 18.2 Å². The normalized spacial score (nSPS) is 15.9. The van der Waals surface area contributed by atoms with Crippen molar-refractivity contribution >= 4 is 15.7 Å². The van der Waals surface area contributed by atoms with Gasteiger partial charge in [-0.1, -0.05) is 12.1 Å². The van der Waals surface area contributed by atoms with E-state index < -0.39 is 50.3 Å². The van der Waals surface area contributed by atoms with Gasteiger partial charge in [-0.15, -0.1) is 5.10 Å². The number of nitrogens with one attached hydrogen (secondary N) is 1. The summed E-state index contributed by atoms with van der Waals surface area (Å²) in [5, 5.41) is 5.77. The van der Waals surface area contributed by atoms with Crippen LogP contribution in [0.4, 0.5) is 32.0 Å². The molecule has 1 atom stereocenters. The highest BCUT2D eigenvalue weighted by Crippen LogP contribution is 2.42. The fraction of sp³-hybridized carbons (Fsp3) is 0.240. The summed E-state index contributed by atoms with van der Waals surface area (Å²) in [6.07, 6.45) is -8.39. The van der Waals surface area contributed by atoms with Crippen LogP contribution in [-0.2, 0) is 28.8 Å². The van der Waals surface area contributed by atoms with Crippen LogP contribution in [0.5, 0.6) is 5.75 Å². The summed E-state index contributed by atoms with van der Waals surface area (Å²) >= 11 is 0. The maximum Gasteiger partial charge on any atom is 0.434 e. The molecule has 9 nitrogen and oxygen atoms in total. The first-order valence-corrected chi connectivity index (χ1v) is 13.2. The SMILES string of the molecule is O=c1[nH]nc(CC[C@H]2CN(S(=O)(=O)c3cccc(C(F)(F)F)c3)c3cc(-c4cncc(C(F)(F)F)c4)ccc3O2)o1. The van der Waals surface area contributed by atoms with Crippen molar-refractivity contribution in [1.82, 2.24) is 15.2 Å². The number of benzene rings is 2. The van der Waals surface area contributed by atoms with Crippen molar-refractivity contribution in [3.8, 4) is 16.9 Å². The van der Waals surface area contributed by atoms with E-state index in [9.17, 15) is 39.6 Å². The lowest BCUT2D eigenvalue weighted by atomic mass is 10.0. The molecule has 4 aromatic rings. The van der Waals surface area contributed by atoms with Gasteiger partial charge in [0, 0.05) is 24.4 Å². The van der Waals surface area contributed by atoms with E-state index >= 15 is 0 Å². The largest absolute Gasteiger partial charge is 0.486 e. The first-order valence-electron chi connectivity index (χ1n) is 11.8. The molecule has 1 aliphatic heterocycles. The maximum absolute atomic E-state index is 13.8. The third-order valence-electron chi connectivity index (χ3n) is 6.20. The molecule has 1 N–H and O–H groups in total. The lowest BCUT2D eigenvalue weighted by Crippen LogP contribution is -2.43. The van der Waals surface area contributed by atoms with Crippen LogP contribution >= 0.6 is 0 Å². The number of ether oxygens (including phenoxy) is 1. The first kappa shape index (κ1) is 28.2. The van der Waals surface area contributed by atoms with Crippen molar-refractivity contribution in [2.24, 2.45) is 0 Å². The number of anilines is 1. The van der Waals surface area contributed by atoms with Crippen molar-refractivity contribution in [3.63, 3.8) is 0 Å². The number of fused-ring (bicyclic) bond motifs is 1. The molecule has 0 saturated carbocycles. The lowest BCUT2D eigenvalue weighted by Gasteiger charge is -2.36. The maximum atomic E-state index is 13.8. The number of aryl methyl sites for hydroxylation is 1. The molecule has 41 heavy (non-hydrogen) atoms. The molecule has 0 saturated heterocycles. The fourth-order valence-corrected chi connectivity index (χ4v) is 5.78. The number of sulfonamides is 1. The fourth-order valence-electron chi connectivity index (χ4n) is 4.23. The number of hydrogen-bond acceptors (Lipinski definition) is 7. The van der Waals surface area contributed by atoms with Crippen LogP contribution in [0.15, 0.2) is 75.0 Å². The highest BCUT2D eigenvalue weighted by atomic mass is 32.2. The second kappa shape index (κ2) is 10.2. The standard InChI is InChI=1S/C25H18F6N4O5S/c26-24(27,28)16-2-1-3-19(10-16)41(37,38)35-13-18(5-7-22-33-34-23(36)40-22)39-21-6-4-14(9-20(21)35)15-8-17(12-32-11-15)25(29,30)31/h1-4,6,8-12,18H,5,7,13H2,(H,34,36)/t18-/m0/s1. The van der Waals surface area contributed by atoms with E-state index in [0.29, 0.717) is 12.3 Å². The Morgan fingerprint density at radius 2 is 1.71 bits per heavy atom. The Bertz CT molecular complexity index is 1750. The molecule has 0 fully saturated rings. The van der Waals surface area contributed by atoms with Crippen LogP contribution in [0, 0.1) is 0 Å². The number of hydrogen-bond donors (Lipinski definition) is 1. The van der Waals surface area contributed by atoms with E-state index in [1.54, 1.807) is 0 Å². The molecule has 1 aliphatic rings. The highest BCUT2D eigenvalue weighted by molar-refractivity contribution is 7.92. The van der Waals surface area contributed by atoms with Gasteiger partial charge in [-0.3, -0.25) is 9.29 Å². The number of halogens is 6. The summed E-state index contributed by atoms with van der Waals surface area (Å²) in [5.41, 5.74) is -2.12. The zero-order valence-corrected chi connectivity index (χ0v) is 21.3. The van der Waals surface area contributed by atoms with E-state index in [1.807, 2.05) is 0 Å². The molecule has 5 rings (SSSR count). The quantitative estimate of drug-likeness (QED) is 0.308. The van der Waals surface area contributed by atoms with Crippen LogP contribution in [0.2, 0.25) is 0 Å². The molecular formula is C25H18F6N4O5S. The molecule has 2 aromatic carbocycles. The van der Waals surface area contributed by atoms with Crippen LogP contribution in [0.3, 0.4) is 0 Å². The summed E-state index contributed by atoms with van der Waals surface area (Å²) in [6.45, 7) is -0.371. The van der Waals surface area contributed by atoms with Gasteiger partial charge < -0.3 is 9.15 Å². The lowest BCUT2D eigenvalue weighted by molar-refractivity contribution is -0.138. The van der Waals surface area contributed by atoms with Crippen molar-refractivity contribution in [3.05, 3.63) is 88.5 Å². The van der Waals surface area contributed by atoms with Crippen LogP contribution in [-0.4, -0.2) is 36.2 Å². The minimum Gasteiger partial charge on any atom is -0.486 e.